The number of benzene rings is 1. The highest BCUT2D eigenvalue weighted by Crippen LogP contribution is 2.21. The van der Waals surface area contributed by atoms with Gasteiger partial charge in [-0.3, -0.25) is 0 Å². The molecule has 1 rings (SSSR count). The van der Waals surface area contributed by atoms with Crippen LogP contribution in [-0.2, 0) is 0 Å². The zero-order valence-corrected chi connectivity index (χ0v) is 7.11. The monoisotopic (exact) mass is 162 g/mol. The molecular weight excluding hydrogens is 152 g/mol. The van der Waals surface area contributed by atoms with Crippen LogP contribution >= 0.6 is 0 Å². The third-order valence-corrected chi connectivity index (χ3v) is 1.60. The number of nitriles is 1. The normalized spacial score (nSPS) is 10.8. The number of nitrogens with zero attached hydrogens (tertiary/aromatic N) is 2. The van der Waals surface area contributed by atoms with Crippen LogP contribution < -0.4 is 4.65 Å². The van der Waals surface area contributed by atoms with E-state index in [0.29, 0.717) is 11.3 Å². The van der Waals surface area contributed by atoms with Gasteiger partial charge in [-0.25, -0.2) is 0 Å². The Morgan fingerprint density at radius 2 is 1.92 bits per heavy atom. The molecule has 1 aromatic carbocycles. The summed E-state index contributed by atoms with van der Waals surface area (Å²) in [5, 5.41) is 20.2. The van der Waals surface area contributed by atoms with Crippen LogP contribution in [0, 0.1) is 16.5 Å². The Morgan fingerprint density at radius 3 is 2.33 bits per heavy atom. The molecule has 0 bridgehead atoms. The molecule has 0 fully saturated rings. The van der Waals surface area contributed by atoms with E-state index in [4.69, 9.17) is 5.26 Å². The molecule has 1 aromatic rings. The van der Waals surface area contributed by atoms with Gasteiger partial charge >= 0.3 is 0 Å². The zero-order chi connectivity index (χ0) is 9.19. The molecule has 0 spiro atoms. The highest BCUT2D eigenvalue weighted by Gasteiger charge is 2.11. The lowest BCUT2D eigenvalue weighted by atomic mass is 10.2. The first kappa shape index (κ1) is 8.72. The lowest BCUT2D eigenvalue weighted by Crippen LogP contribution is -2.33. The van der Waals surface area contributed by atoms with Crippen molar-refractivity contribution in [3.05, 3.63) is 35.0 Å². The third-order valence-electron chi connectivity index (χ3n) is 1.60. The Balaban J connectivity index is 3.26. The standard InChI is InChI=1S/C9H10N2O/c1-11(2,12)9-6-4-3-5-8(9)7-10/h3-6H,1-2H3. The fraction of sp³-hybridized carbons (Fsp3) is 0.222. The molecule has 0 radical (unpaired) electrons. The van der Waals surface area contributed by atoms with Crippen molar-refractivity contribution in [2.45, 2.75) is 0 Å². The molecule has 62 valence electrons. The highest BCUT2D eigenvalue weighted by molar-refractivity contribution is 5.56. The van der Waals surface area contributed by atoms with Crippen molar-refractivity contribution in [3.63, 3.8) is 0 Å². The fourth-order valence-corrected chi connectivity index (χ4v) is 1.04. The summed E-state index contributed by atoms with van der Waals surface area (Å²) in [6.45, 7) is 0. The molecule has 0 saturated heterocycles. The number of rotatable bonds is 1. The zero-order valence-electron chi connectivity index (χ0n) is 7.11. The molecule has 3 heteroatoms. The molecule has 0 aliphatic rings. The summed E-state index contributed by atoms with van der Waals surface area (Å²) < 4.78 is -0.566. The Kier molecular flexibility index (Phi) is 2.13. The molecule has 0 unspecified atom stereocenters. The molecule has 0 aliphatic heterocycles. The van der Waals surface area contributed by atoms with Gasteiger partial charge in [0, 0.05) is 6.07 Å². The predicted molar refractivity (Wildman–Crippen MR) is 48.2 cm³/mol. The minimum absolute atomic E-state index is 0.442. The first-order valence-corrected chi connectivity index (χ1v) is 3.60. The summed E-state index contributed by atoms with van der Waals surface area (Å²) >= 11 is 0. The summed E-state index contributed by atoms with van der Waals surface area (Å²) in [5.74, 6) is 0. The van der Waals surface area contributed by atoms with Gasteiger partial charge in [0.15, 0.2) is 0 Å². The van der Waals surface area contributed by atoms with E-state index in [1.54, 1.807) is 24.3 Å². The number of para-hydroxylation sites is 1. The van der Waals surface area contributed by atoms with E-state index in [1.807, 2.05) is 6.07 Å². The molecule has 0 aliphatic carbocycles. The van der Waals surface area contributed by atoms with E-state index in [-0.39, 0.29) is 0 Å². The van der Waals surface area contributed by atoms with E-state index in [1.165, 1.54) is 14.1 Å². The van der Waals surface area contributed by atoms with Crippen LogP contribution in [0.4, 0.5) is 5.69 Å². The Bertz CT molecular complexity index is 320. The maximum atomic E-state index is 11.5. The summed E-state index contributed by atoms with van der Waals surface area (Å²) in [6, 6.07) is 8.81. The lowest BCUT2D eigenvalue weighted by molar-refractivity contribution is 0.542. The Morgan fingerprint density at radius 1 is 1.33 bits per heavy atom. The van der Waals surface area contributed by atoms with Crippen molar-refractivity contribution in [1.82, 2.24) is 4.65 Å². The van der Waals surface area contributed by atoms with Crippen LogP contribution in [0.3, 0.4) is 0 Å². The van der Waals surface area contributed by atoms with E-state index in [0.717, 1.165) is 0 Å². The van der Waals surface area contributed by atoms with Gasteiger partial charge in [0.1, 0.15) is 17.3 Å². The second kappa shape index (κ2) is 2.94. The smallest absolute Gasteiger partial charge is 0.150 e. The van der Waals surface area contributed by atoms with Crippen LogP contribution in [0.2, 0.25) is 0 Å². The van der Waals surface area contributed by atoms with Gasteiger partial charge in [0.25, 0.3) is 0 Å². The Hall–Kier alpha value is -1.37. The van der Waals surface area contributed by atoms with Crippen molar-refractivity contribution in [2.75, 3.05) is 14.1 Å². The molecule has 0 atom stereocenters. The minimum Gasteiger partial charge on any atom is -0.628 e. The lowest BCUT2D eigenvalue weighted by Gasteiger charge is -2.33. The van der Waals surface area contributed by atoms with Crippen molar-refractivity contribution in [2.24, 2.45) is 0 Å². The molecule has 0 aromatic heterocycles. The summed E-state index contributed by atoms with van der Waals surface area (Å²) in [7, 11) is 2.99. The second-order valence-corrected chi connectivity index (χ2v) is 2.98. The van der Waals surface area contributed by atoms with Crippen molar-refractivity contribution in [1.29, 1.82) is 5.26 Å². The van der Waals surface area contributed by atoms with Gasteiger partial charge in [0.05, 0.1) is 14.1 Å². The van der Waals surface area contributed by atoms with E-state index < -0.39 is 4.65 Å². The largest absolute Gasteiger partial charge is 0.628 e. The average Bonchev–Trinajstić information content (AvgIpc) is 2.03. The van der Waals surface area contributed by atoms with Crippen LogP contribution in [0.1, 0.15) is 5.56 Å². The third kappa shape index (κ3) is 1.62. The topological polar surface area (TPSA) is 46.8 Å². The number of hydroxylamine groups is 2. The van der Waals surface area contributed by atoms with Crippen LogP contribution in [0.15, 0.2) is 24.3 Å². The highest BCUT2D eigenvalue weighted by atomic mass is 16.5. The predicted octanol–water partition coefficient (Wildman–Crippen LogP) is 1.62. The molecule has 0 amide bonds. The van der Waals surface area contributed by atoms with Crippen molar-refractivity contribution >= 4 is 5.69 Å². The maximum Gasteiger partial charge on any atom is 0.150 e. The first-order valence-electron chi connectivity index (χ1n) is 3.60. The SMILES string of the molecule is C[N+](C)([O-])c1ccccc1C#N. The second-order valence-electron chi connectivity index (χ2n) is 2.98. The van der Waals surface area contributed by atoms with Crippen LogP contribution in [-0.4, -0.2) is 14.1 Å². The van der Waals surface area contributed by atoms with Crippen molar-refractivity contribution in [3.8, 4) is 6.07 Å². The summed E-state index contributed by atoms with van der Waals surface area (Å²) in [5.41, 5.74) is 0.942. The quantitative estimate of drug-likeness (QED) is 0.465. The van der Waals surface area contributed by atoms with Gasteiger partial charge in [-0.15, -0.1) is 0 Å². The minimum atomic E-state index is -0.566. The van der Waals surface area contributed by atoms with Crippen LogP contribution in [0.5, 0.6) is 0 Å². The van der Waals surface area contributed by atoms with Gasteiger partial charge in [-0.2, -0.15) is 5.26 Å². The van der Waals surface area contributed by atoms with E-state index in [2.05, 4.69) is 0 Å². The number of quaternary nitrogens is 1. The van der Waals surface area contributed by atoms with Gasteiger partial charge in [-0.1, -0.05) is 12.1 Å². The average molecular weight is 162 g/mol. The first-order chi connectivity index (χ1) is 5.55. The fourth-order valence-electron chi connectivity index (χ4n) is 1.04. The van der Waals surface area contributed by atoms with E-state index in [9.17, 15) is 5.21 Å². The number of hydrogen-bond acceptors (Lipinski definition) is 2. The maximum absolute atomic E-state index is 11.5. The molecule has 0 heterocycles. The van der Waals surface area contributed by atoms with Gasteiger partial charge in [0.2, 0.25) is 0 Å². The molecule has 12 heavy (non-hydrogen) atoms. The Labute approximate surface area is 71.6 Å². The molecule has 3 nitrogen and oxygen atoms in total. The molecule has 0 saturated carbocycles. The van der Waals surface area contributed by atoms with E-state index >= 15 is 0 Å². The molecule has 0 N–H and O–H groups in total. The van der Waals surface area contributed by atoms with Gasteiger partial charge < -0.3 is 9.85 Å². The number of hydrogen-bond donors (Lipinski definition) is 0. The van der Waals surface area contributed by atoms with Crippen molar-refractivity contribution < 1.29 is 0 Å². The summed E-state index contributed by atoms with van der Waals surface area (Å²) in [4.78, 5) is 0. The summed E-state index contributed by atoms with van der Waals surface area (Å²) in [6.07, 6.45) is 0. The molecular formula is C9H10N2O. The van der Waals surface area contributed by atoms with Gasteiger partial charge in [-0.05, 0) is 6.07 Å². The van der Waals surface area contributed by atoms with Crippen LogP contribution in [0.25, 0.3) is 0 Å².